The molecule has 8 heteroatoms. The van der Waals surface area contributed by atoms with Crippen LogP contribution in [-0.2, 0) is 22.9 Å². The molecule has 4 rings (SSSR count). The van der Waals surface area contributed by atoms with Crippen molar-refractivity contribution in [2.45, 2.75) is 31.1 Å². The number of hydrogen-bond donors (Lipinski definition) is 0. The minimum absolute atomic E-state index is 0.0211. The van der Waals surface area contributed by atoms with Crippen molar-refractivity contribution in [1.82, 2.24) is 0 Å². The fourth-order valence-corrected chi connectivity index (χ4v) is 6.11. The fraction of sp³-hybridized carbons (Fsp3) is 0.208. The molecule has 3 aromatic rings. The first-order chi connectivity index (χ1) is 15.2. The van der Waals surface area contributed by atoms with Gasteiger partial charge in [0.25, 0.3) is 10.0 Å². The van der Waals surface area contributed by atoms with Gasteiger partial charge < -0.3 is 0 Å². The molecule has 0 radical (unpaired) electrons. The summed E-state index contributed by atoms with van der Waals surface area (Å²) in [5, 5.41) is 0.553. The predicted octanol–water partition coefficient (Wildman–Crippen LogP) is 6.01. The second kappa shape index (κ2) is 8.85. The Morgan fingerprint density at radius 1 is 1.06 bits per heavy atom. The Kier molecular flexibility index (Phi) is 6.30. The number of hydrogen-bond acceptors (Lipinski definition) is 3. The number of carbonyl (C=O) groups excluding carboxylic acids is 1. The van der Waals surface area contributed by atoms with Gasteiger partial charge in [-0.1, -0.05) is 35.3 Å². The third kappa shape index (κ3) is 4.27. The van der Waals surface area contributed by atoms with Crippen LogP contribution in [0, 0.1) is 12.7 Å². The van der Waals surface area contributed by atoms with Crippen LogP contribution in [0.15, 0.2) is 59.5 Å². The molecule has 3 aromatic carbocycles. The summed E-state index contributed by atoms with van der Waals surface area (Å²) < 4.78 is 41.2. The molecule has 0 amide bonds. The van der Waals surface area contributed by atoms with Crippen LogP contribution in [0.4, 0.5) is 10.1 Å². The molecule has 0 spiro atoms. The lowest BCUT2D eigenvalue weighted by Crippen LogP contribution is -2.35. The highest BCUT2D eigenvalue weighted by molar-refractivity contribution is 7.92. The summed E-state index contributed by atoms with van der Waals surface area (Å²) in [4.78, 5) is 13.0. The zero-order valence-corrected chi connectivity index (χ0v) is 19.6. The van der Waals surface area contributed by atoms with Crippen molar-refractivity contribution in [3.63, 3.8) is 0 Å². The molecule has 0 bridgehead atoms. The van der Waals surface area contributed by atoms with Crippen molar-refractivity contribution in [3.05, 3.63) is 92.7 Å². The summed E-state index contributed by atoms with van der Waals surface area (Å²) in [6, 6.07) is 13.4. The minimum atomic E-state index is -3.88. The maximum Gasteiger partial charge on any atom is 0.264 e. The maximum absolute atomic E-state index is 13.3. The van der Waals surface area contributed by atoms with Crippen molar-refractivity contribution in [2.24, 2.45) is 0 Å². The zero-order chi connectivity index (χ0) is 23.0. The highest BCUT2D eigenvalue weighted by Crippen LogP contribution is 2.35. The van der Waals surface area contributed by atoms with Gasteiger partial charge in [-0.2, -0.15) is 0 Å². The van der Waals surface area contributed by atoms with Crippen LogP contribution in [0.2, 0.25) is 10.0 Å². The van der Waals surface area contributed by atoms with E-state index in [4.69, 9.17) is 23.2 Å². The molecule has 0 fully saturated rings. The molecule has 0 N–H and O–H groups in total. The second-order valence-electron chi connectivity index (χ2n) is 7.74. The first-order valence-corrected chi connectivity index (χ1v) is 12.3. The second-order valence-corrected chi connectivity index (χ2v) is 10.4. The number of rotatable bonds is 5. The SMILES string of the molecule is Cc1cc2c(cc1CC(=O)c1c(Cl)cccc1Cl)N(S(=O)(=O)c1ccc(F)cc1)CCC2. The highest BCUT2D eigenvalue weighted by atomic mass is 35.5. The van der Waals surface area contributed by atoms with Gasteiger partial charge in [-0.05, 0) is 78.9 Å². The molecule has 32 heavy (non-hydrogen) atoms. The van der Waals surface area contributed by atoms with E-state index in [1.165, 1.54) is 16.4 Å². The van der Waals surface area contributed by atoms with E-state index in [1.54, 1.807) is 24.3 Å². The number of Topliss-reactive ketones (excluding diaryl/α,β-unsaturated/α-hetero) is 1. The summed E-state index contributed by atoms with van der Waals surface area (Å²) in [5.74, 6) is -0.745. The Bertz CT molecular complexity index is 1290. The van der Waals surface area contributed by atoms with E-state index < -0.39 is 15.8 Å². The minimum Gasteiger partial charge on any atom is -0.294 e. The highest BCUT2D eigenvalue weighted by Gasteiger charge is 2.30. The van der Waals surface area contributed by atoms with E-state index in [9.17, 15) is 17.6 Å². The first kappa shape index (κ1) is 22.8. The van der Waals surface area contributed by atoms with Crippen molar-refractivity contribution in [2.75, 3.05) is 10.8 Å². The molecular weight excluding hydrogens is 472 g/mol. The standard InChI is InChI=1S/C24H20Cl2FNO3S/c1-15-12-16-4-3-11-28(32(30,31)19-9-7-18(27)8-10-19)22(16)13-17(15)14-23(29)24-20(25)5-2-6-21(24)26/h2,5-10,12-13H,3-4,11,14H2,1H3. The molecule has 0 aliphatic carbocycles. The van der Waals surface area contributed by atoms with E-state index in [2.05, 4.69) is 0 Å². The lowest BCUT2D eigenvalue weighted by molar-refractivity contribution is 0.0993. The summed E-state index contributed by atoms with van der Waals surface area (Å²) in [5.41, 5.74) is 3.28. The molecule has 0 atom stereocenters. The van der Waals surface area contributed by atoms with Crippen molar-refractivity contribution in [3.8, 4) is 0 Å². The maximum atomic E-state index is 13.3. The van der Waals surface area contributed by atoms with Crippen molar-refractivity contribution < 1.29 is 17.6 Å². The molecule has 1 heterocycles. The van der Waals surface area contributed by atoms with Crippen LogP contribution in [0.3, 0.4) is 0 Å². The quantitative estimate of drug-likeness (QED) is 0.410. The van der Waals surface area contributed by atoms with Gasteiger partial charge in [-0.15, -0.1) is 0 Å². The Morgan fingerprint density at radius 3 is 2.38 bits per heavy atom. The summed E-state index contributed by atoms with van der Waals surface area (Å²) in [6.07, 6.45) is 1.43. The molecule has 1 aliphatic heterocycles. The number of fused-ring (bicyclic) bond motifs is 1. The van der Waals surface area contributed by atoms with E-state index in [0.29, 0.717) is 24.2 Å². The molecule has 0 saturated heterocycles. The Labute approximate surface area is 196 Å². The molecular formula is C24H20Cl2FNO3S. The Morgan fingerprint density at radius 2 is 1.72 bits per heavy atom. The average Bonchev–Trinajstić information content (AvgIpc) is 2.74. The van der Waals surface area contributed by atoms with Crippen LogP contribution in [0.5, 0.6) is 0 Å². The van der Waals surface area contributed by atoms with Gasteiger partial charge in [0, 0.05) is 13.0 Å². The van der Waals surface area contributed by atoms with Crippen molar-refractivity contribution in [1.29, 1.82) is 0 Å². The number of sulfonamides is 1. The predicted molar refractivity (Wildman–Crippen MR) is 125 cm³/mol. The normalized spacial score (nSPS) is 13.7. The van der Waals surface area contributed by atoms with Gasteiger partial charge in [0.05, 0.1) is 26.2 Å². The van der Waals surface area contributed by atoms with Crippen molar-refractivity contribution >= 4 is 44.7 Å². The smallest absolute Gasteiger partial charge is 0.264 e. The lowest BCUT2D eigenvalue weighted by atomic mass is 9.93. The Hall–Kier alpha value is -2.41. The molecule has 0 aromatic heterocycles. The van der Waals surface area contributed by atoms with E-state index in [1.807, 2.05) is 13.0 Å². The third-order valence-electron chi connectivity index (χ3n) is 5.61. The van der Waals surface area contributed by atoms with E-state index in [-0.39, 0.29) is 32.7 Å². The molecule has 4 nitrogen and oxygen atoms in total. The van der Waals surface area contributed by atoms with Crippen LogP contribution < -0.4 is 4.31 Å². The topological polar surface area (TPSA) is 54.5 Å². The summed E-state index contributed by atoms with van der Waals surface area (Å²) >= 11 is 12.4. The number of halogens is 3. The molecule has 166 valence electrons. The van der Waals surface area contributed by atoms with Gasteiger partial charge in [-0.25, -0.2) is 12.8 Å². The van der Waals surface area contributed by atoms with Crippen LogP contribution in [-0.4, -0.2) is 20.7 Å². The summed E-state index contributed by atoms with van der Waals surface area (Å²) in [7, 11) is -3.88. The van der Waals surface area contributed by atoms with Gasteiger partial charge >= 0.3 is 0 Å². The first-order valence-electron chi connectivity index (χ1n) is 10.1. The van der Waals surface area contributed by atoms with Gasteiger partial charge in [0.15, 0.2) is 5.78 Å². The molecule has 0 saturated carbocycles. The van der Waals surface area contributed by atoms with Gasteiger partial charge in [0.2, 0.25) is 0 Å². The Balaban J connectivity index is 1.73. The largest absolute Gasteiger partial charge is 0.294 e. The van der Waals surface area contributed by atoms with Gasteiger partial charge in [0.1, 0.15) is 5.82 Å². The monoisotopic (exact) mass is 491 g/mol. The third-order valence-corrected chi connectivity index (χ3v) is 8.06. The number of benzene rings is 3. The van der Waals surface area contributed by atoms with Crippen LogP contribution in [0.25, 0.3) is 0 Å². The molecule has 1 aliphatic rings. The number of carbonyl (C=O) groups is 1. The van der Waals surface area contributed by atoms with Crippen LogP contribution in [0.1, 0.15) is 33.5 Å². The average molecular weight is 492 g/mol. The number of anilines is 1. The number of nitrogens with zero attached hydrogens (tertiary/aromatic N) is 1. The van der Waals surface area contributed by atoms with E-state index in [0.717, 1.165) is 29.7 Å². The van der Waals surface area contributed by atoms with E-state index >= 15 is 0 Å². The zero-order valence-electron chi connectivity index (χ0n) is 17.2. The van der Waals surface area contributed by atoms with Crippen LogP contribution >= 0.6 is 23.2 Å². The summed E-state index contributed by atoms with van der Waals surface area (Å²) in [6.45, 7) is 2.20. The van der Waals surface area contributed by atoms with Gasteiger partial charge in [-0.3, -0.25) is 9.10 Å². The fourth-order valence-electron chi connectivity index (χ4n) is 3.97. The molecule has 0 unspecified atom stereocenters. The number of ketones is 1. The number of aryl methyl sites for hydroxylation is 2. The lowest BCUT2D eigenvalue weighted by Gasteiger charge is -2.31.